The first-order valence-corrected chi connectivity index (χ1v) is 6.38. The molecule has 2 nitrogen and oxygen atoms in total. The van der Waals surface area contributed by atoms with Crippen molar-refractivity contribution in [3.05, 3.63) is 63.9 Å². The average molecular weight is 261 g/mol. The van der Waals surface area contributed by atoms with E-state index in [4.69, 9.17) is 17.3 Å². The molecular formula is C15H17ClN2. The highest BCUT2D eigenvalue weighted by Crippen LogP contribution is 2.22. The van der Waals surface area contributed by atoms with Crippen molar-refractivity contribution < 1.29 is 0 Å². The summed E-state index contributed by atoms with van der Waals surface area (Å²) < 4.78 is 0. The molecular weight excluding hydrogens is 244 g/mol. The summed E-state index contributed by atoms with van der Waals surface area (Å²) in [6.45, 7) is 3.99. The molecule has 0 aliphatic heterocycles. The monoisotopic (exact) mass is 260 g/mol. The number of aromatic nitrogens is 1. The van der Waals surface area contributed by atoms with Crippen molar-refractivity contribution in [3.8, 4) is 0 Å². The Kier molecular flexibility index (Phi) is 4.00. The molecule has 0 saturated carbocycles. The van der Waals surface area contributed by atoms with Gasteiger partial charge in [-0.15, -0.1) is 0 Å². The van der Waals surface area contributed by atoms with Crippen molar-refractivity contribution >= 4 is 11.6 Å². The maximum Gasteiger partial charge on any atom is 0.0577 e. The molecule has 0 fully saturated rings. The molecule has 1 atom stereocenters. The zero-order valence-electron chi connectivity index (χ0n) is 10.7. The van der Waals surface area contributed by atoms with Crippen molar-refractivity contribution in [3.63, 3.8) is 0 Å². The zero-order chi connectivity index (χ0) is 13.1. The van der Waals surface area contributed by atoms with E-state index in [1.165, 1.54) is 0 Å². The predicted molar refractivity (Wildman–Crippen MR) is 75.8 cm³/mol. The van der Waals surface area contributed by atoms with Crippen LogP contribution in [0.4, 0.5) is 0 Å². The molecule has 2 rings (SSSR count). The second-order valence-electron chi connectivity index (χ2n) is 4.61. The largest absolute Gasteiger partial charge is 0.322 e. The van der Waals surface area contributed by atoms with Gasteiger partial charge >= 0.3 is 0 Å². The topological polar surface area (TPSA) is 38.9 Å². The van der Waals surface area contributed by atoms with Gasteiger partial charge in [-0.25, -0.2) is 0 Å². The van der Waals surface area contributed by atoms with Crippen LogP contribution in [0.5, 0.6) is 0 Å². The Morgan fingerprint density at radius 3 is 2.67 bits per heavy atom. The molecule has 18 heavy (non-hydrogen) atoms. The van der Waals surface area contributed by atoms with Crippen molar-refractivity contribution in [1.82, 2.24) is 4.98 Å². The minimum absolute atomic E-state index is 0.120. The molecule has 2 N–H and O–H groups in total. The van der Waals surface area contributed by atoms with E-state index in [0.717, 1.165) is 27.5 Å². The van der Waals surface area contributed by atoms with E-state index in [2.05, 4.69) is 11.1 Å². The summed E-state index contributed by atoms with van der Waals surface area (Å²) in [6.07, 6.45) is 0.704. The Bertz CT molecular complexity index is 552. The molecule has 1 aromatic carbocycles. The summed E-state index contributed by atoms with van der Waals surface area (Å²) >= 11 is 6.22. The van der Waals surface area contributed by atoms with Gasteiger partial charge in [-0.05, 0) is 49.6 Å². The molecule has 1 heterocycles. The molecule has 0 radical (unpaired) electrons. The number of halogens is 1. The van der Waals surface area contributed by atoms with Crippen molar-refractivity contribution in [2.45, 2.75) is 26.3 Å². The summed E-state index contributed by atoms with van der Waals surface area (Å²) in [4.78, 5) is 4.45. The molecule has 0 bridgehead atoms. The molecule has 3 heteroatoms. The second kappa shape index (κ2) is 5.51. The number of rotatable bonds is 3. The van der Waals surface area contributed by atoms with Crippen LogP contribution in [0, 0.1) is 13.8 Å². The van der Waals surface area contributed by atoms with Crippen LogP contribution >= 0.6 is 11.6 Å². The highest BCUT2D eigenvalue weighted by Gasteiger charge is 2.11. The van der Waals surface area contributed by atoms with Gasteiger partial charge in [0.2, 0.25) is 0 Å². The van der Waals surface area contributed by atoms with Gasteiger partial charge in [0, 0.05) is 10.7 Å². The minimum atomic E-state index is -0.120. The van der Waals surface area contributed by atoms with Gasteiger partial charge in [0.1, 0.15) is 0 Å². The molecule has 0 amide bonds. The molecule has 0 aliphatic rings. The van der Waals surface area contributed by atoms with E-state index in [1.807, 2.05) is 44.2 Å². The number of nitrogens with two attached hydrogens (primary N) is 1. The van der Waals surface area contributed by atoms with E-state index < -0.39 is 0 Å². The first-order chi connectivity index (χ1) is 8.56. The third-order valence-electron chi connectivity index (χ3n) is 2.94. The number of pyridine rings is 1. The van der Waals surface area contributed by atoms with E-state index in [-0.39, 0.29) is 6.04 Å². The van der Waals surface area contributed by atoms with Crippen LogP contribution in [0.1, 0.15) is 28.6 Å². The normalized spacial score (nSPS) is 12.4. The van der Waals surface area contributed by atoms with Crippen LogP contribution in [0.3, 0.4) is 0 Å². The highest BCUT2D eigenvalue weighted by molar-refractivity contribution is 6.31. The summed E-state index contributed by atoms with van der Waals surface area (Å²) in [6, 6.07) is 11.8. The van der Waals surface area contributed by atoms with Gasteiger partial charge in [-0.3, -0.25) is 4.98 Å². The Labute approximate surface area is 113 Å². The van der Waals surface area contributed by atoms with Crippen LogP contribution in [0.25, 0.3) is 0 Å². The third kappa shape index (κ3) is 3.09. The van der Waals surface area contributed by atoms with Gasteiger partial charge in [-0.2, -0.15) is 0 Å². The average Bonchev–Trinajstić information content (AvgIpc) is 2.32. The van der Waals surface area contributed by atoms with E-state index in [0.29, 0.717) is 6.42 Å². The second-order valence-corrected chi connectivity index (χ2v) is 5.02. The first-order valence-electron chi connectivity index (χ1n) is 6.00. The standard InChI is InChI=1S/C15H17ClN2/c1-10-6-7-12(13(16)8-10)9-14(17)15-5-3-4-11(2)18-15/h3-8,14H,9,17H2,1-2H3. The lowest BCUT2D eigenvalue weighted by Crippen LogP contribution is -2.15. The van der Waals surface area contributed by atoms with Crippen LogP contribution in [-0.2, 0) is 6.42 Å². The fraction of sp³-hybridized carbons (Fsp3) is 0.267. The van der Waals surface area contributed by atoms with Crippen molar-refractivity contribution in [2.24, 2.45) is 5.73 Å². The third-order valence-corrected chi connectivity index (χ3v) is 3.29. The fourth-order valence-corrected chi connectivity index (χ4v) is 2.24. The minimum Gasteiger partial charge on any atom is -0.322 e. The van der Waals surface area contributed by atoms with Gasteiger partial charge in [0.25, 0.3) is 0 Å². The first kappa shape index (κ1) is 13.1. The van der Waals surface area contributed by atoms with Gasteiger partial charge < -0.3 is 5.73 Å². The summed E-state index contributed by atoms with van der Waals surface area (Å²) in [5.74, 6) is 0. The van der Waals surface area contributed by atoms with Crippen LogP contribution in [-0.4, -0.2) is 4.98 Å². The van der Waals surface area contributed by atoms with Gasteiger partial charge in [0.05, 0.1) is 11.7 Å². The van der Waals surface area contributed by atoms with Crippen LogP contribution in [0.15, 0.2) is 36.4 Å². The SMILES string of the molecule is Cc1ccc(CC(N)c2cccc(C)n2)c(Cl)c1. The lowest BCUT2D eigenvalue weighted by Gasteiger charge is -2.13. The van der Waals surface area contributed by atoms with E-state index in [1.54, 1.807) is 0 Å². The molecule has 0 aliphatic carbocycles. The van der Waals surface area contributed by atoms with Gasteiger partial charge in [-0.1, -0.05) is 29.8 Å². The number of benzene rings is 1. The highest BCUT2D eigenvalue weighted by atomic mass is 35.5. The maximum atomic E-state index is 6.22. The smallest absolute Gasteiger partial charge is 0.0577 e. The molecule has 0 saturated heterocycles. The number of aryl methyl sites for hydroxylation is 2. The number of nitrogens with zero attached hydrogens (tertiary/aromatic N) is 1. The van der Waals surface area contributed by atoms with E-state index >= 15 is 0 Å². The Balaban J connectivity index is 2.18. The summed E-state index contributed by atoms with van der Waals surface area (Å²) in [5, 5.41) is 0.776. The maximum absolute atomic E-state index is 6.22. The predicted octanol–water partition coefficient (Wildman–Crippen LogP) is 3.59. The quantitative estimate of drug-likeness (QED) is 0.916. The van der Waals surface area contributed by atoms with Crippen molar-refractivity contribution in [2.75, 3.05) is 0 Å². The summed E-state index contributed by atoms with van der Waals surface area (Å²) in [5.41, 5.74) is 10.3. The molecule has 94 valence electrons. The molecule has 1 unspecified atom stereocenters. The van der Waals surface area contributed by atoms with Crippen molar-refractivity contribution in [1.29, 1.82) is 0 Å². The van der Waals surface area contributed by atoms with Crippen LogP contribution in [0.2, 0.25) is 5.02 Å². The zero-order valence-corrected chi connectivity index (χ0v) is 11.4. The lowest BCUT2D eigenvalue weighted by atomic mass is 10.0. The molecule has 2 aromatic rings. The Morgan fingerprint density at radius 2 is 2.00 bits per heavy atom. The number of hydrogen-bond donors (Lipinski definition) is 1. The number of hydrogen-bond acceptors (Lipinski definition) is 2. The molecule has 0 spiro atoms. The van der Waals surface area contributed by atoms with Crippen LogP contribution < -0.4 is 5.73 Å². The Morgan fingerprint density at radius 1 is 1.22 bits per heavy atom. The fourth-order valence-electron chi connectivity index (χ4n) is 1.93. The van der Waals surface area contributed by atoms with E-state index in [9.17, 15) is 0 Å². The Hall–Kier alpha value is -1.38. The van der Waals surface area contributed by atoms with Gasteiger partial charge in [0.15, 0.2) is 0 Å². The lowest BCUT2D eigenvalue weighted by molar-refractivity contribution is 0.693. The summed E-state index contributed by atoms with van der Waals surface area (Å²) in [7, 11) is 0. The molecule has 1 aromatic heterocycles.